The van der Waals surface area contributed by atoms with Crippen molar-refractivity contribution in [3.8, 4) is 0 Å². The van der Waals surface area contributed by atoms with E-state index in [1.54, 1.807) is 0 Å². The van der Waals surface area contributed by atoms with Gasteiger partial charge in [0.15, 0.2) is 5.78 Å². The maximum absolute atomic E-state index is 14.4. The average Bonchev–Trinajstić information content (AvgIpc) is 2.74. The molecule has 0 radical (unpaired) electrons. The average molecular weight is 401 g/mol. The number of ketones is 1. The normalized spacial score (nSPS) is 13.1. The van der Waals surface area contributed by atoms with Gasteiger partial charge in [0.05, 0.1) is 32.6 Å². The molecule has 0 aliphatic rings. The third-order valence-corrected chi connectivity index (χ3v) is 6.61. The molecule has 3 aromatic carbocycles. The molecule has 0 aromatic heterocycles. The van der Waals surface area contributed by atoms with Gasteiger partial charge in [-0.25, -0.2) is 0 Å². The topological polar surface area (TPSA) is 17.1 Å². The van der Waals surface area contributed by atoms with Crippen LogP contribution in [-0.2, 0) is 5.41 Å². The van der Waals surface area contributed by atoms with Crippen LogP contribution in [0.5, 0.6) is 0 Å². The van der Waals surface area contributed by atoms with Crippen molar-refractivity contribution in [2.45, 2.75) is 38.6 Å². The van der Waals surface area contributed by atoms with Crippen molar-refractivity contribution in [3.05, 3.63) is 107 Å². The lowest BCUT2D eigenvalue weighted by Crippen LogP contribution is -2.50. The van der Waals surface area contributed by atoms with Crippen molar-refractivity contribution < 1.29 is 9.28 Å². The fourth-order valence-corrected chi connectivity index (χ4v) is 4.05. The van der Waals surface area contributed by atoms with Crippen molar-refractivity contribution in [3.63, 3.8) is 0 Å². The van der Waals surface area contributed by atoms with Crippen LogP contribution in [0.2, 0.25) is 0 Å². The molecule has 0 bridgehead atoms. The predicted octanol–water partition coefficient (Wildman–Crippen LogP) is 5.96. The molecule has 1 atom stereocenters. The van der Waals surface area contributed by atoms with Crippen LogP contribution in [0.15, 0.2) is 78.9 Å². The maximum Gasteiger partial charge on any atom is 0.178 e. The summed E-state index contributed by atoms with van der Waals surface area (Å²) < 4.78 is 0.793. The van der Waals surface area contributed by atoms with E-state index >= 15 is 0 Å². The molecule has 0 heterocycles. The summed E-state index contributed by atoms with van der Waals surface area (Å²) >= 11 is 0. The van der Waals surface area contributed by atoms with Gasteiger partial charge in [0.25, 0.3) is 0 Å². The zero-order valence-electron chi connectivity index (χ0n) is 19.1. The monoisotopic (exact) mass is 400 g/mol. The second-order valence-electron chi connectivity index (χ2n) is 9.43. The molecule has 3 aromatic rings. The molecule has 2 heteroatoms. The van der Waals surface area contributed by atoms with Gasteiger partial charge < -0.3 is 4.48 Å². The highest BCUT2D eigenvalue weighted by Gasteiger charge is 2.45. The Balaban J connectivity index is 2.29. The zero-order valence-corrected chi connectivity index (χ0v) is 19.1. The summed E-state index contributed by atoms with van der Waals surface area (Å²) in [7, 11) is 6.60. The molecule has 0 amide bonds. The summed E-state index contributed by atoms with van der Waals surface area (Å²) in [6, 6.07) is 27.0. The molecule has 0 saturated heterocycles. The van der Waals surface area contributed by atoms with Crippen LogP contribution in [0.25, 0.3) is 0 Å². The Bertz CT molecular complexity index is 960. The SMILES string of the molecule is Cc1ccc(C(=O)C(C[C@H](C)[N+](C)(C)C)(c2ccccc2)c2ccccc2)cc1C. The molecule has 0 spiro atoms. The summed E-state index contributed by atoms with van der Waals surface area (Å²) in [5.41, 5.74) is 4.50. The summed E-state index contributed by atoms with van der Waals surface area (Å²) in [5.74, 6) is 0.170. The summed E-state index contributed by atoms with van der Waals surface area (Å²) in [5, 5.41) is 0. The van der Waals surface area contributed by atoms with Gasteiger partial charge in [-0.2, -0.15) is 0 Å². The van der Waals surface area contributed by atoms with Crippen molar-refractivity contribution in [1.29, 1.82) is 0 Å². The van der Waals surface area contributed by atoms with Crippen LogP contribution < -0.4 is 0 Å². The van der Waals surface area contributed by atoms with Crippen molar-refractivity contribution in [2.24, 2.45) is 0 Å². The first-order valence-electron chi connectivity index (χ1n) is 10.7. The number of hydrogen-bond acceptors (Lipinski definition) is 1. The Morgan fingerprint density at radius 3 is 1.73 bits per heavy atom. The Labute approximate surface area is 181 Å². The van der Waals surface area contributed by atoms with E-state index in [0.29, 0.717) is 0 Å². The second-order valence-corrected chi connectivity index (χ2v) is 9.43. The van der Waals surface area contributed by atoms with Gasteiger partial charge in [-0.05, 0) is 49.1 Å². The van der Waals surface area contributed by atoms with Gasteiger partial charge >= 0.3 is 0 Å². The van der Waals surface area contributed by atoms with Crippen molar-refractivity contribution in [2.75, 3.05) is 21.1 Å². The fourth-order valence-electron chi connectivity index (χ4n) is 4.05. The van der Waals surface area contributed by atoms with E-state index in [1.807, 2.05) is 42.5 Å². The first-order valence-corrected chi connectivity index (χ1v) is 10.7. The molecule has 0 fully saturated rings. The van der Waals surface area contributed by atoms with E-state index in [4.69, 9.17) is 0 Å². The molecule has 0 unspecified atom stereocenters. The molecule has 0 aliphatic heterocycles. The Morgan fingerprint density at radius 2 is 1.30 bits per heavy atom. The van der Waals surface area contributed by atoms with E-state index in [1.165, 1.54) is 5.56 Å². The number of hydrogen-bond donors (Lipinski definition) is 0. The van der Waals surface area contributed by atoms with E-state index in [0.717, 1.165) is 33.2 Å². The maximum atomic E-state index is 14.4. The minimum Gasteiger partial charge on any atom is -0.329 e. The highest BCUT2D eigenvalue weighted by molar-refractivity contribution is 6.06. The number of nitrogens with zero attached hydrogens (tertiary/aromatic N) is 1. The Kier molecular flexibility index (Phi) is 6.28. The fraction of sp³-hybridized carbons (Fsp3) is 0.321. The summed E-state index contributed by atoms with van der Waals surface area (Å²) in [4.78, 5) is 14.4. The lowest BCUT2D eigenvalue weighted by molar-refractivity contribution is -0.894. The third-order valence-electron chi connectivity index (χ3n) is 6.61. The number of rotatable bonds is 7. The van der Waals surface area contributed by atoms with Crippen LogP contribution in [0.1, 0.15) is 46.0 Å². The van der Waals surface area contributed by atoms with Crippen LogP contribution in [0.3, 0.4) is 0 Å². The molecule has 30 heavy (non-hydrogen) atoms. The van der Waals surface area contributed by atoms with Crippen LogP contribution in [-0.4, -0.2) is 37.5 Å². The molecule has 156 valence electrons. The lowest BCUT2D eigenvalue weighted by atomic mass is 9.65. The number of carbonyl (C=O) groups is 1. The minimum absolute atomic E-state index is 0.170. The van der Waals surface area contributed by atoms with Crippen molar-refractivity contribution in [1.82, 2.24) is 0 Å². The predicted molar refractivity (Wildman–Crippen MR) is 126 cm³/mol. The molecule has 0 aliphatic carbocycles. The van der Waals surface area contributed by atoms with Gasteiger partial charge in [0.2, 0.25) is 0 Å². The summed E-state index contributed by atoms with van der Waals surface area (Å²) in [6.07, 6.45) is 0.732. The first-order chi connectivity index (χ1) is 14.2. The van der Waals surface area contributed by atoms with Crippen LogP contribution in [0, 0.1) is 13.8 Å². The minimum atomic E-state index is -0.741. The van der Waals surface area contributed by atoms with Gasteiger partial charge in [0, 0.05) is 12.0 Å². The van der Waals surface area contributed by atoms with Crippen LogP contribution in [0.4, 0.5) is 0 Å². The Morgan fingerprint density at radius 1 is 0.800 bits per heavy atom. The largest absolute Gasteiger partial charge is 0.329 e. The number of Topliss-reactive ketones (excluding diaryl/α,β-unsaturated/α-hetero) is 1. The molecule has 0 saturated carbocycles. The standard InChI is InChI=1S/C28H34NO/c1-21-17-18-24(19-22(21)2)27(30)28(20-23(3)29(4,5)6,25-13-9-7-10-14-25)26-15-11-8-12-16-26/h7-19,23H,20H2,1-6H3/q+1/t23-/m0/s1. The zero-order chi connectivity index (χ0) is 21.9. The number of aryl methyl sites for hydroxylation is 2. The summed E-state index contributed by atoms with van der Waals surface area (Å²) in [6.45, 7) is 6.41. The van der Waals surface area contributed by atoms with E-state index in [2.05, 4.69) is 78.3 Å². The smallest absolute Gasteiger partial charge is 0.178 e. The van der Waals surface area contributed by atoms with E-state index < -0.39 is 5.41 Å². The molecular formula is C28H34NO+. The molecule has 0 N–H and O–H groups in total. The quantitative estimate of drug-likeness (QED) is 0.353. The second kappa shape index (κ2) is 8.57. The molecule has 3 rings (SSSR count). The van der Waals surface area contributed by atoms with E-state index in [-0.39, 0.29) is 11.8 Å². The molecular weight excluding hydrogens is 366 g/mol. The highest BCUT2D eigenvalue weighted by Crippen LogP contribution is 2.41. The number of quaternary nitrogens is 1. The van der Waals surface area contributed by atoms with E-state index in [9.17, 15) is 4.79 Å². The van der Waals surface area contributed by atoms with Gasteiger partial charge in [-0.1, -0.05) is 72.8 Å². The number of carbonyl (C=O) groups excluding carboxylic acids is 1. The van der Waals surface area contributed by atoms with Gasteiger partial charge in [0.1, 0.15) is 0 Å². The highest BCUT2D eigenvalue weighted by atomic mass is 16.1. The third kappa shape index (κ3) is 4.24. The number of benzene rings is 3. The van der Waals surface area contributed by atoms with Crippen LogP contribution >= 0.6 is 0 Å². The van der Waals surface area contributed by atoms with Gasteiger partial charge in [-0.15, -0.1) is 0 Å². The lowest BCUT2D eigenvalue weighted by Gasteiger charge is -2.40. The first kappa shape index (κ1) is 22.0. The van der Waals surface area contributed by atoms with Gasteiger partial charge in [-0.3, -0.25) is 4.79 Å². The molecule has 2 nitrogen and oxygen atoms in total. The Hall–Kier alpha value is -2.71. The van der Waals surface area contributed by atoms with Crippen molar-refractivity contribution >= 4 is 5.78 Å².